The lowest BCUT2D eigenvalue weighted by molar-refractivity contribution is 0.0995. The third-order valence-electron chi connectivity index (χ3n) is 2.89. The van der Waals surface area contributed by atoms with Gasteiger partial charge < -0.3 is 11.5 Å². The lowest BCUT2D eigenvalue weighted by Gasteiger charge is -2.14. The van der Waals surface area contributed by atoms with E-state index in [1.165, 1.54) is 16.8 Å². The molecule has 0 aliphatic carbocycles. The van der Waals surface area contributed by atoms with Gasteiger partial charge in [-0.3, -0.25) is 4.79 Å². The van der Waals surface area contributed by atoms with E-state index in [0.29, 0.717) is 16.8 Å². The third kappa shape index (κ3) is 2.48. The number of carbonyl (C=O) groups is 1. The van der Waals surface area contributed by atoms with Crippen molar-refractivity contribution in [3.8, 4) is 5.69 Å². The van der Waals surface area contributed by atoms with Crippen LogP contribution in [0.2, 0.25) is 0 Å². The number of benzene rings is 1. The van der Waals surface area contributed by atoms with Gasteiger partial charge in [0.05, 0.1) is 5.69 Å². The van der Waals surface area contributed by atoms with Gasteiger partial charge in [0, 0.05) is 12.2 Å². The van der Waals surface area contributed by atoms with E-state index in [-0.39, 0.29) is 17.6 Å². The molecule has 2 rings (SSSR count). The van der Waals surface area contributed by atoms with Crippen molar-refractivity contribution in [3.63, 3.8) is 0 Å². The van der Waals surface area contributed by atoms with Gasteiger partial charge >= 0.3 is 0 Å². The summed E-state index contributed by atoms with van der Waals surface area (Å²) in [5.41, 5.74) is 12.9. The van der Waals surface area contributed by atoms with Gasteiger partial charge in [0.25, 0.3) is 5.91 Å². The molecular weight excluding hydrogens is 247 g/mol. The fraction of sp³-hybridized carbons (Fsp3) is 0.231. The molecule has 0 aliphatic heterocycles. The first kappa shape index (κ1) is 13.2. The molecule has 0 saturated heterocycles. The molecule has 6 heteroatoms. The van der Waals surface area contributed by atoms with Gasteiger partial charge in [0.2, 0.25) is 0 Å². The quantitative estimate of drug-likeness (QED) is 0.877. The van der Waals surface area contributed by atoms with Gasteiger partial charge in [-0.2, -0.15) is 5.10 Å². The molecule has 0 fully saturated rings. The predicted molar refractivity (Wildman–Crippen MR) is 69.4 cm³/mol. The molecule has 0 spiro atoms. The molecule has 0 radical (unpaired) electrons. The summed E-state index contributed by atoms with van der Waals surface area (Å²) in [5, 5.41) is 4.06. The van der Waals surface area contributed by atoms with E-state index >= 15 is 0 Å². The van der Waals surface area contributed by atoms with Crippen LogP contribution in [0, 0.1) is 12.7 Å². The van der Waals surface area contributed by atoms with Gasteiger partial charge in [-0.05, 0) is 43.2 Å². The zero-order chi connectivity index (χ0) is 14.2. The van der Waals surface area contributed by atoms with Crippen LogP contribution in [0.4, 0.5) is 4.39 Å². The van der Waals surface area contributed by atoms with E-state index < -0.39 is 5.91 Å². The summed E-state index contributed by atoms with van der Waals surface area (Å²) >= 11 is 0. The molecule has 1 aromatic heterocycles. The van der Waals surface area contributed by atoms with Crippen molar-refractivity contribution in [2.45, 2.75) is 19.9 Å². The zero-order valence-corrected chi connectivity index (χ0v) is 10.7. The summed E-state index contributed by atoms with van der Waals surface area (Å²) in [7, 11) is 0. The normalized spacial score (nSPS) is 12.4. The first-order valence-electron chi connectivity index (χ1n) is 5.81. The molecule has 0 saturated carbocycles. The fourth-order valence-electron chi connectivity index (χ4n) is 1.83. The second-order valence-electron chi connectivity index (χ2n) is 4.46. The van der Waals surface area contributed by atoms with Crippen LogP contribution in [0.15, 0.2) is 24.4 Å². The molecule has 100 valence electrons. The van der Waals surface area contributed by atoms with Crippen LogP contribution in [-0.2, 0) is 0 Å². The molecule has 1 amide bonds. The summed E-state index contributed by atoms with van der Waals surface area (Å²) in [4.78, 5) is 11.0. The van der Waals surface area contributed by atoms with E-state index in [0.717, 1.165) is 0 Å². The minimum Gasteiger partial charge on any atom is -0.364 e. The van der Waals surface area contributed by atoms with E-state index in [9.17, 15) is 9.18 Å². The Morgan fingerprint density at radius 2 is 2.16 bits per heavy atom. The van der Waals surface area contributed by atoms with E-state index in [1.54, 1.807) is 26.1 Å². The van der Waals surface area contributed by atoms with Crippen LogP contribution in [0.25, 0.3) is 5.69 Å². The van der Waals surface area contributed by atoms with E-state index in [4.69, 9.17) is 11.5 Å². The number of rotatable bonds is 3. The number of amides is 1. The second kappa shape index (κ2) is 4.81. The molecule has 5 nitrogen and oxygen atoms in total. The highest BCUT2D eigenvalue weighted by atomic mass is 19.1. The summed E-state index contributed by atoms with van der Waals surface area (Å²) in [5.74, 6) is -0.932. The number of nitrogens with two attached hydrogens (primary N) is 2. The van der Waals surface area contributed by atoms with Crippen LogP contribution in [-0.4, -0.2) is 15.7 Å². The first-order valence-corrected chi connectivity index (χ1v) is 5.81. The number of aryl methyl sites for hydroxylation is 1. The van der Waals surface area contributed by atoms with Crippen molar-refractivity contribution in [2.75, 3.05) is 0 Å². The van der Waals surface area contributed by atoms with Crippen molar-refractivity contribution in [3.05, 3.63) is 47.0 Å². The van der Waals surface area contributed by atoms with Gasteiger partial charge in [0.1, 0.15) is 11.5 Å². The molecule has 0 bridgehead atoms. The van der Waals surface area contributed by atoms with Crippen LogP contribution in [0.1, 0.15) is 34.6 Å². The molecule has 0 unspecified atom stereocenters. The number of carbonyl (C=O) groups excluding carboxylic acids is 1. The monoisotopic (exact) mass is 262 g/mol. The highest BCUT2D eigenvalue weighted by Gasteiger charge is 2.14. The zero-order valence-electron chi connectivity index (χ0n) is 10.7. The van der Waals surface area contributed by atoms with Crippen molar-refractivity contribution >= 4 is 5.91 Å². The van der Waals surface area contributed by atoms with Crippen LogP contribution < -0.4 is 11.5 Å². The largest absolute Gasteiger partial charge is 0.364 e. The Balaban J connectivity index is 2.59. The van der Waals surface area contributed by atoms with Crippen molar-refractivity contribution < 1.29 is 9.18 Å². The van der Waals surface area contributed by atoms with Crippen LogP contribution in [0.5, 0.6) is 0 Å². The summed E-state index contributed by atoms with van der Waals surface area (Å²) in [6, 6.07) is 4.19. The van der Waals surface area contributed by atoms with Crippen LogP contribution >= 0.6 is 0 Å². The fourth-order valence-corrected chi connectivity index (χ4v) is 1.83. The maximum atomic E-state index is 13.6. The maximum absolute atomic E-state index is 13.6. The second-order valence-corrected chi connectivity index (χ2v) is 4.46. The number of aromatic nitrogens is 2. The summed E-state index contributed by atoms with van der Waals surface area (Å²) in [6.07, 6.45) is 1.60. The molecule has 1 heterocycles. The van der Waals surface area contributed by atoms with E-state index in [2.05, 4.69) is 5.10 Å². The Morgan fingerprint density at radius 1 is 1.47 bits per heavy atom. The average molecular weight is 262 g/mol. The Labute approximate surface area is 110 Å². The smallest absolute Gasteiger partial charge is 0.269 e. The van der Waals surface area contributed by atoms with Gasteiger partial charge in [-0.1, -0.05) is 0 Å². The molecule has 1 aromatic carbocycles. The molecule has 2 aromatic rings. The molecule has 1 atom stereocenters. The maximum Gasteiger partial charge on any atom is 0.269 e. The number of primary amides is 1. The standard InChI is InChI=1S/C13H15FN4O/c1-7-5-12(9(8(2)15)6-10(7)14)18-4-3-11(17-18)13(16)19/h3-6,8H,15H2,1-2H3,(H2,16,19)/t8-/m0/s1. The minimum absolute atomic E-state index is 0.151. The van der Waals surface area contributed by atoms with Gasteiger partial charge in [-0.15, -0.1) is 0 Å². The van der Waals surface area contributed by atoms with Crippen molar-refractivity contribution in [2.24, 2.45) is 11.5 Å². The van der Waals surface area contributed by atoms with Gasteiger partial charge in [0.15, 0.2) is 0 Å². The summed E-state index contributed by atoms with van der Waals surface area (Å²) < 4.78 is 15.1. The SMILES string of the molecule is Cc1cc(-n2ccc(C(N)=O)n2)c([C@H](C)N)cc1F. The predicted octanol–water partition coefficient (Wildman–Crippen LogP) is 1.44. The molecule has 0 aliphatic rings. The number of halogens is 1. The third-order valence-corrected chi connectivity index (χ3v) is 2.89. The van der Waals surface area contributed by atoms with Gasteiger partial charge in [-0.25, -0.2) is 9.07 Å². The topological polar surface area (TPSA) is 86.9 Å². The molecule has 4 N–H and O–H groups in total. The Bertz CT molecular complexity index is 634. The minimum atomic E-state index is -0.611. The number of hydrogen-bond donors (Lipinski definition) is 2. The lowest BCUT2D eigenvalue weighted by atomic mass is 10.0. The summed E-state index contributed by atoms with van der Waals surface area (Å²) in [6.45, 7) is 3.41. The highest BCUT2D eigenvalue weighted by molar-refractivity contribution is 5.90. The Hall–Kier alpha value is -2.21. The number of nitrogens with zero attached hydrogens (tertiary/aromatic N) is 2. The average Bonchev–Trinajstić information content (AvgIpc) is 2.81. The van der Waals surface area contributed by atoms with Crippen molar-refractivity contribution in [1.82, 2.24) is 9.78 Å². The van der Waals surface area contributed by atoms with Crippen molar-refractivity contribution in [1.29, 1.82) is 0 Å². The molecular formula is C13H15FN4O. The highest BCUT2D eigenvalue weighted by Crippen LogP contribution is 2.23. The lowest BCUT2D eigenvalue weighted by Crippen LogP contribution is -2.14. The van der Waals surface area contributed by atoms with E-state index in [1.807, 2.05) is 0 Å². The van der Waals surface area contributed by atoms with Crippen LogP contribution in [0.3, 0.4) is 0 Å². The Morgan fingerprint density at radius 3 is 2.68 bits per heavy atom. The number of hydrogen-bond acceptors (Lipinski definition) is 3. The molecule has 19 heavy (non-hydrogen) atoms. The Kier molecular flexibility index (Phi) is 3.35. The first-order chi connectivity index (χ1) is 8.90.